The Morgan fingerprint density at radius 1 is 1.09 bits per heavy atom. The summed E-state index contributed by atoms with van der Waals surface area (Å²) in [6.45, 7) is 5.94. The molecule has 1 aromatic carbocycles. The molecule has 0 saturated heterocycles. The number of halogens is 1. The highest BCUT2D eigenvalue weighted by Crippen LogP contribution is 2.68. The van der Waals surface area contributed by atoms with Crippen LogP contribution in [0.15, 0.2) is 18.2 Å². The molecule has 6 rings (SSSR count). The molecule has 1 heterocycles. The van der Waals surface area contributed by atoms with E-state index in [1.54, 1.807) is 6.07 Å². The van der Waals surface area contributed by atoms with Crippen LogP contribution in [0, 0.1) is 52.2 Å². The molecule has 4 aliphatic rings. The molecular weight excluding hydrogens is 441 g/mol. The number of ketones is 1. The second-order valence-corrected chi connectivity index (χ2v) is 12.7. The van der Waals surface area contributed by atoms with Crippen LogP contribution >= 0.6 is 0 Å². The molecule has 5 nitrogen and oxygen atoms in total. The topological polar surface area (TPSA) is 57.0 Å². The van der Waals surface area contributed by atoms with Crippen molar-refractivity contribution in [1.29, 1.82) is 0 Å². The van der Waals surface area contributed by atoms with E-state index in [9.17, 15) is 9.18 Å². The largest absolute Gasteiger partial charge is 0.384 e. The first-order valence-electron chi connectivity index (χ1n) is 13.9. The first-order valence-corrected chi connectivity index (χ1v) is 13.9. The zero-order valence-corrected chi connectivity index (χ0v) is 21.5. The lowest BCUT2D eigenvalue weighted by molar-refractivity contribution is -0.154. The van der Waals surface area contributed by atoms with Gasteiger partial charge >= 0.3 is 0 Å². The van der Waals surface area contributed by atoms with E-state index in [1.165, 1.54) is 55.5 Å². The van der Waals surface area contributed by atoms with Crippen molar-refractivity contribution in [2.45, 2.75) is 78.2 Å². The molecule has 35 heavy (non-hydrogen) atoms. The van der Waals surface area contributed by atoms with Gasteiger partial charge in [0.15, 0.2) is 5.78 Å². The van der Waals surface area contributed by atoms with Gasteiger partial charge in [-0.15, -0.1) is 0 Å². The predicted octanol–water partition coefficient (Wildman–Crippen LogP) is 6.06. The standard InChI is InChI=1S/C29H40FN3O2/c1-18-10-13-29(17-35-3)19(14-18)4-6-21-22-7-8-24(28(22,2)12-11-23(21)29)27(34)16-33-31-25-9-5-20(30)15-26(25)32-33/h5,9,15,18-19,21-24H,4,6-8,10-14,16-17H2,1-3H3. The van der Waals surface area contributed by atoms with Crippen LogP contribution in [0.25, 0.3) is 11.0 Å². The number of methoxy groups -OCH3 is 1. The van der Waals surface area contributed by atoms with E-state index >= 15 is 0 Å². The maximum Gasteiger partial charge on any atom is 0.159 e. The second-order valence-electron chi connectivity index (χ2n) is 12.7. The smallest absolute Gasteiger partial charge is 0.159 e. The molecule has 8 atom stereocenters. The quantitative estimate of drug-likeness (QED) is 0.521. The number of rotatable bonds is 5. The third kappa shape index (κ3) is 3.69. The van der Waals surface area contributed by atoms with Crippen LogP contribution in [-0.4, -0.2) is 34.5 Å². The Morgan fingerprint density at radius 3 is 2.74 bits per heavy atom. The highest BCUT2D eigenvalue weighted by Gasteiger charge is 2.62. The lowest BCUT2D eigenvalue weighted by Gasteiger charge is -2.61. The summed E-state index contributed by atoms with van der Waals surface area (Å²) in [7, 11) is 1.89. The van der Waals surface area contributed by atoms with Gasteiger partial charge in [-0.1, -0.05) is 20.3 Å². The Morgan fingerprint density at radius 2 is 1.91 bits per heavy atom. The normalized spacial score (nSPS) is 40.8. The summed E-state index contributed by atoms with van der Waals surface area (Å²) in [5.41, 5.74) is 1.56. The minimum atomic E-state index is -0.327. The number of ether oxygens (including phenoxy) is 1. The molecule has 4 saturated carbocycles. The molecule has 8 unspecified atom stereocenters. The van der Waals surface area contributed by atoms with Gasteiger partial charge in [-0.05, 0) is 104 Å². The van der Waals surface area contributed by atoms with E-state index in [2.05, 4.69) is 24.0 Å². The van der Waals surface area contributed by atoms with Gasteiger partial charge in [-0.3, -0.25) is 4.79 Å². The number of carbonyl (C=O) groups is 1. The van der Waals surface area contributed by atoms with Crippen LogP contribution in [0.3, 0.4) is 0 Å². The van der Waals surface area contributed by atoms with Crippen molar-refractivity contribution in [2.75, 3.05) is 13.7 Å². The van der Waals surface area contributed by atoms with Gasteiger partial charge in [0.1, 0.15) is 23.4 Å². The Balaban J connectivity index is 1.22. The van der Waals surface area contributed by atoms with E-state index in [0.717, 1.165) is 49.5 Å². The molecule has 0 spiro atoms. The van der Waals surface area contributed by atoms with E-state index in [4.69, 9.17) is 4.74 Å². The van der Waals surface area contributed by atoms with Gasteiger partial charge in [-0.2, -0.15) is 15.0 Å². The maximum absolute atomic E-state index is 13.6. The highest BCUT2D eigenvalue weighted by molar-refractivity contribution is 5.82. The minimum Gasteiger partial charge on any atom is -0.384 e. The summed E-state index contributed by atoms with van der Waals surface area (Å²) in [5.74, 6) is 3.74. The Bertz CT molecular complexity index is 1120. The lowest BCUT2D eigenvalue weighted by atomic mass is 9.44. The van der Waals surface area contributed by atoms with Crippen molar-refractivity contribution in [3.63, 3.8) is 0 Å². The van der Waals surface area contributed by atoms with Crippen LogP contribution in [0.1, 0.15) is 71.6 Å². The van der Waals surface area contributed by atoms with Crippen LogP contribution in [0.5, 0.6) is 0 Å². The minimum absolute atomic E-state index is 0.0694. The van der Waals surface area contributed by atoms with E-state index in [1.807, 2.05) is 7.11 Å². The third-order valence-corrected chi connectivity index (χ3v) is 11.1. The number of hydrogen-bond donors (Lipinski definition) is 0. The fraction of sp³-hybridized carbons (Fsp3) is 0.759. The summed E-state index contributed by atoms with van der Waals surface area (Å²) in [5, 5.41) is 8.83. The average molecular weight is 482 g/mol. The molecule has 190 valence electrons. The number of hydrogen-bond acceptors (Lipinski definition) is 4. The fourth-order valence-electron chi connectivity index (χ4n) is 9.60. The summed E-state index contributed by atoms with van der Waals surface area (Å²) < 4.78 is 19.5. The van der Waals surface area contributed by atoms with Gasteiger partial charge < -0.3 is 4.74 Å². The third-order valence-electron chi connectivity index (χ3n) is 11.1. The SMILES string of the molecule is COCC12CCC(C)CC1CCC1C3CCC(C(=O)Cn4nc5ccc(F)cc5n4)C3(C)CCC12. The molecule has 2 aromatic rings. The van der Waals surface area contributed by atoms with Crippen molar-refractivity contribution in [1.82, 2.24) is 15.0 Å². The Labute approximate surface area is 208 Å². The van der Waals surface area contributed by atoms with Crippen LogP contribution in [-0.2, 0) is 16.1 Å². The van der Waals surface area contributed by atoms with Crippen LogP contribution < -0.4 is 0 Å². The molecule has 1 aromatic heterocycles. The number of benzene rings is 1. The summed E-state index contributed by atoms with van der Waals surface area (Å²) in [6.07, 6.45) is 11.2. The highest BCUT2D eigenvalue weighted by atomic mass is 19.1. The monoisotopic (exact) mass is 481 g/mol. The lowest BCUT2D eigenvalue weighted by Crippen LogP contribution is -2.56. The number of carbonyl (C=O) groups excluding carboxylic acids is 1. The van der Waals surface area contributed by atoms with Crippen molar-refractivity contribution in [2.24, 2.45) is 46.3 Å². The van der Waals surface area contributed by atoms with Gasteiger partial charge in [0, 0.05) is 19.1 Å². The van der Waals surface area contributed by atoms with Gasteiger partial charge in [-0.25, -0.2) is 4.39 Å². The van der Waals surface area contributed by atoms with E-state index in [-0.39, 0.29) is 29.5 Å². The number of Topliss-reactive ketones (excluding diaryl/α,β-unsaturated/α-hetero) is 1. The molecule has 6 heteroatoms. The first kappa shape index (κ1) is 23.6. The van der Waals surface area contributed by atoms with E-state index < -0.39 is 0 Å². The molecule has 0 amide bonds. The Hall–Kier alpha value is -1.82. The summed E-state index contributed by atoms with van der Waals surface area (Å²) in [6, 6.07) is 4.41. The number of nitrogens with zero attached hydrogens (tertiary/aromatic N) is 3. The average Bonchev–Trinajstić information content (AvgIpc) is 3.38. The molecule has 0 bridgehead atoms. The zero-order valence-electron chi connectivity index (χ0n) is 21.5. The Kier molecular flexibility index (Phi) is 5.82. The molecule has 0 aliphatic heterocycles. The van der Waals surface area contributed by atoms with Crippen LogP contribution in [0.4, 0.5) is 4.39 Å². The van der Waals surface area contributed by atoms with Crippen molar-refractivity contribution >= 4 is 16.8 Å². The zero-order chi connectivity index (χ0) is 24.4. The maximum atomic E-state index is 13.6. The molecule has 0 radical (unpaired) electrons. The summed E-state index contributed by atoms with van der Waals surface area (Å²) in [4.78, 5) is 15.1. The molecular formula is C29H40FN3O2. The van der Waals surface area contributed by atoms with Gasteiger partial charge in [0.25, 0.3) is 0 Å². The fourth-order valence-corrected chi connectivity index (χ4v) is 9.60. The van der Waals surface area contributed by atoms with Gasteiger partial charge in [0.2, 0.25) is 0 Å². The van der Waals surface area contributed by atoms with Crippen molar-refractivity contribution < 1.29 is 13.9 Å². The summed E-state index contributed by atoms with van der Waals surface area (Å²) >= 11 is 0. The predicted molar refractivity (Wildman–Crippen MR) is 133 cm³/mol. The molecule has 4 fully saturated rings. The number of aromatic nitrogens is 3. The van der Waals surface area contributed by atoms with Crippen molar-refractivity contribution in [3.05, 3.63) is 24.0 Å². The molecule has 4 aliphatic carbocycles. The second kappa shape index (κ2) is 8.64. The first-order chi connectivity index (χ1) is 16.8. The van der Waals surface area contributed by atoms with E-state index in [0.29, 0.717) is 22.4 Å². The number of fused-ring (bicyclic) bond motifs is 6. The van der Waals surface area contributed by atoms with Crippen molar-refractivity contribution in [3.8, 4) is 0 Å². The van der Waals surface area contributed by atoms with Gasteiger partial charge in [0.05, 0.1) is 6.61 Å². The van der Waals surface area contributed by atoms with Crippen LogP contribution in [0.2, 0.25) is 0 Å². The molecule has 0 N–H and O–H groups in total.